The Morgan fingerprint density at radius 2 is 0.701 bits per heavy atom. The van der Waals surface area contributed by atoms with Gasteiger partial charge in [0.2, 0.25) is 0 Å². The van der Waals surface area contributed by atoms with Crippen LogP contribution >= 0.6 is 0 Å². The Morgan fingerprint density at radius 1 is 0.289 bits per heavy atom. The molecule has 15 aromatic carbocycles. The normalized spacial score (nSPS) is 12.2. The molecule has 0 amide bonds. The van der Waals surface area contributed by atoms with Gasteiger partial charge < -0.3 is 27.9 Å². The average molecular weight is 1240 g/mol. The molecule has 0 fully saturated rings. The highest BCUT2D eigenvalue weighted by Crippen LogP contribution is 2.56. The smallest absolute Gasteiger partial charge is 0.159 e. The van der Waals surface area contributed by atoms with E-state index in [2.05, 4.69) is 323 Å². The Morgan fingerprint density at radius 3 is 1.25 bits per heavy atom. The van der Waals surface area contributed by atoms with E-state index in [1.807, 2.05) is 18.2 Å². The summed E-state index contributed by atoms with van der Waals surface area (Å²) in [6, 6.07) is 115. The van der Waals surface area contributed by atoms with E-state index in [0.29, 0.717) is 0 Å². The lowest BCUT2D eigenvalue weighted by molar-refractivity contribution is 0.668. The fourth-order valence-corrected chi connectivity index (χ4v) is 16.6. The third-order valence-corrected chi connectivity index (χ3v) is 20.7. The molecular weight excluding hydrogens is 1180 g/mol. The molecule has 452 valence electrons. The number of rotatable bonds is 10. The average Bonchev–Trinajstić information content (AvgIpc) is 1.50. The molecule has 0 bridgehead atoms. The van der Waals surface area contributed by atoms with Gasteiger partial charge in [0, 0.05) is 98.4 Å². The fourth-order valence-electron chi connectivity index (χ4n) is 16.6. The largest absolute Gasteiger partial charge is 0.454 e. The minimum atomic E-state index is 0.841. The number of nitrogens with zero attached hydrogens (tertiary/aromatic N) is 3. The summed E-state index contributed by atoms with van der Waals surface area (Å²) in [5, 5.41) is 18.0. The number of aryl methyl sites for hydroxylation is 1. The Kier molecular flexibility index (Phi) is 11.4. The lowest BCUT2D eigenvalue weighted by Gasteiger charge is -2.27. The van der Waals surface area contributed by atoms with Crippen LogP contribution in [0.2, 0.25) is 0 Å². The van der Waals surface area contributed by atoms with Gasteiger partial charge in [0.25, 0.3) is 0 Å². The van der Waals surface area contributed by atoms with E-state index in [1.54, 1.807) is 0 Å². The zero-order chi connectivity index (χ0) is 63.6. The molecule has 0 spiro atoms. The van der Waals surface area contributed by atoms with E-state index in [-0.39, 0.29) is 0 Å². The summed E-state index contributed by atoms with van der Waals surface area (Å²) >= 11 is 0. The van der Waals surface area contributed by atoms with Crippen molar-refractivity contribution in [2.45, 2.75) is 6.92 Å². The predicted molar refractivity (Wildman–Crippen MR) is 407 cm³/mol. The molecule has 6 aromatic heterocycles. The van der Waals surface area contributed by atoms with Crippen molar-refractivity contribution < 1.29 is 8.83 Å². The maximum absolute atomic E-state index is 6.76. The minimum Gasteiger partial charge on any atom is -0.454 e. The zero-order valence-corrected chi connectivity index (χ0v) is 52.7. The van der Waals surface area contributed by atoms with E-state index >= 15 is 0 Å². The molecule has 97 heavy (non-hydrogen) atoms. The van der Waals surface area contributed by atoms with Crippen LogP contribution in [0, 0.1) is 6.92 Å². The molecule has 1 N–H and O–H groups in total. The van der Waals surface area contributed by atoms with E-state index in [4.69, 9.17) is 8.83 Å². The summed E-state index contributed by atoms with van der Waals surface area (Å²) in [4.78, 5) is 2.36. The van der Waals surface area contributed by atoms with Gasteiger partial charge in [-0.15, -0.1) is 0 Å². The quantitative estimate of drug-likeness (QED) is 0.148. The van der Waals surface area contributed by atoms with Crippen molar-refractivity contribution in [2.24, 2.45) is 0 Å². The maximum atomic E-state index is 6.76. The molecule has 21 rings (SSSR count). The maximum Gasteiger partial charge on any atom is 0.159 e. The van der Waals surface area contributed by atoms with Gasteiger partial charge in [0.1, 0.15) is 11.2 Å². The van der Waals surface area contributed by atoms with Crippen LogP contribution < -0.4 is 10.2 Å². The van der Waals surface area contributed by atoms with Gasteiger partial charge in [-0.3, -0.25) is 0 Å². The number of aromatic nitrogens is 2. The van der Waals surface area contributed by atoms with Crippen molar-refractivity contribution in [3.8, 4) is 55.6 Å². The van der Waals surface area contributed by atoms with Crippen LogP contribution in [0.15, 0.2) is 324 Å². The number of hydrogen-bond donors (Lipinski definition) is 1. The molecular formula is C91H56N4O2. The highest BCUT2D eigenvalue weighted by atomic mass is 16.3. The van der Waals surface area contributed by atoms with Crippen molar-refractivity contribution in [1.29, 1.82) is 0 Å². The number of fused-ring (bicyclic) bond motifs is 18. The number of benzene rings is 15. The first kappa shape index (κ1) is 53.6. The molecule has 0 unspecified atom stereocenters. The van der Waals surface area contributed by atoms with Gasteiger partial charge in [-0.25, -0.2) is 0 Å². The van der Waals surface area contributed by atoms with Gasteiger partial charge in [-0.05, 0) is 118 Å². The summed E-state index contributed by atoms with van der Waals surface area (Å²) in [5.74, 6) is 0. The second kappa shape index (κ2) is 20.5. The van der Waals surface area contributed by atoms with E-state index in [9.17, 15) is 0 Å². The van der Waals surface area contributed by atoms with Crippen LogP contribution in [0.1, 0.15) is 5.56 Å². The Hall–Kier alpha value is -12.9. The number of furan rings is 2. The van der Waals surface area contributed by atoms with Crippen LogP contribution in [0.25, 0.3) is 176 Å². The van der Waals surface area contributed by atoms with Crippen LogP contribution in [-0.2, 0) is 0 Å². The van der Waals surface area contributed by atoms with Crippen LogP contribution in [0.5, 0.6) is 0 Å². The molecule has 0 atom stereocenters. The standard InChI is InChI=1S/C91H56N4O2/c1-54-42-51-69-67-31-15-17-41-77(67)97-91(69)85(54)93(61-28-12-5-13-29-61)62-49-47-56(48-50-62)64-33-21-39-75-81(64)71-35-19-37-73-83-78(58-22-6-2-7-23-58)88-82(79(59-24-8-3-9-25-59)89(83)95(75)87(71)73)72-36-18-34-70-80-63(32-20-38-74(80)94(88)86(70)72)55-43-45-57(46-44-55)65-52-53-68-66-30-14-16-40-76(66)96-90(68)84(65)92-60-26-10-4-11-27-60/h2-53,92H,1H3. The first-order valence-electron chi connectivity index (χ1n) is 33.3. The molecule has 0 saturated heterocycles. The summed E-state index contributed by atoms with van der Waals surface area (Å²) in [6.07, 6.45) is 0. The molecule has 6 heterocycles. The fraction of sp³-hybridized carbons (Fsp3) is 0.0110. The van der Waals surface area contributed by atoms with Gasteiger partial charge in [0.05, 0.1) is 44.5 Å². The molecule has 0 aliphatic rings. The van der Waals surface area contributed by atoms with Crippen molar-refractivity contribution in [2.75, 3.05) is 10.2 Å². The highest BCUT2D eigenvalue weighted by Gasteiger charge is 2.32. The summed E-state index contributed by atoms with van der Waals surface area (Å²) < 4.78 is 18.7. The Bertz CT molecular complexity index is 6740. The number of para-hydroxylation sites is 6. The predicted octanol–water partition coefficient (Wildman–Crippen LogP) is 25.6. The summed E-state index contributed by atoms with van der Waals surface area (Å²) in [6.45, 7) is 2.18. The van der Waals surface area contributed by atoms with Gasteiger partial charge >= 0.3 is 0 Å². The van der Waals surface area contributed by atoms with Crippen LogP contribution in [0.3, 0.4) is 0 Å². The van der Waals surface area contributed by atoms with Crippen molar-refractivity contribution in [3.05, 3.63) is 321 Å². The lowest BCUT2D eigenvalue weighted by Crippen LogP contribution is -2.11. The zero-order valence-electron chi connectivity index (χ0n) is 52.7. The van der Waals surface area contributed by atoms with Crippen molar-refractivity contribution in [1.82, 2.24) is 8.80 Å². The summed E-state index contributed by atoms with van der Waals surface area (Å²) in [5.41, 5.74) is 28.5. The van der Waals surface area contributed by atoms with E-state index in [1.165, 1.54) is 110 Å². The minimum absolute atomic E-state index is 0.841. The van der Waals surface area contributed by atoms with Gasteiger partial charge in [-0.2, -0.15) is 0 Å². The van der Waals surface area contributed by atoms with Crippen molar-refractivity contribution >= 4 is 149 Å². The summed E-state index contributed by atoms with van der Waals surface area (Å²) in [7, 11) is 0. The van der Waals surface area contributed by atoms with E-state index < -0.39 is 0 Å². The molecule has 0 radical (unpaired) electrons. The number of hydrogen-bond acceptors (Lipinski definition) is 4. The number of nitrogens with one attached hydrogen (secondary N) is 1. The Labute approximate surface area is 556 Å². The van der Waals surface area contributed by atoms with Gasteiger partial charge in [0.15, 0.2) is 11.2 Å². The first-order chi connectivity index (χ1) is 48.1. The topological polar surface area (TPSA) is 50.4 Å². The monoisotopic (exact) mass is 1240 g/mol. The third kappa shape index (κ3) is 7.66. The first-order valence-corrected chi connectivity index (χ1v) is 33.3. The van der Waals surface area contributed by atoms with E-state index in [0.717, 1.165) is 100 Å². The molecule has 6 nitrogen and oxygen atoms in total. The molecule has 0 aliphatic heterocycles. The lowest BCUT2D eigenvalue weighted by atomic mass is 9.89. The van der Waals surface area contributed by atoms with Crippen LogP contribution in [-0.4, -0.2) is 8.80 Å². The molecule has 6 heteroatoms. The van der Waals surface area contributed by atoms with Crippen molar-refractivity contribution in [3.63, 3.8) is 0 Å². The molecule has 21 aromatic rings. The Balaban J connectivity index is 0.774. The third-order valence-electron chi connectivity index (χ3n) is 20.7. The molecule has 0 saturated carbocycles. The second-order valence-corrected chi connectivity index (χ2v) is 25.9. The highest BCUT2D eigenvalue weighted by molar-refractivity contribution is 6.39. The second-order valence-electron chi connectivity index (χ2n) is 25.9. The van der Waals surface area contributed by atoms with Crippen LogP contribution in [0.4, 0.5) is 28.4 Å². The molecule has 0 aliphatic carbocycles. The SMILES string of the molecule is Cc1ccc2c(oc3ccccc32)c1N(c1ccccc1)c1ccc(-c2cccc3c2c2cccc4c5c(-c6ccccc6)c6c(c(-c7ccccc7)c5n3c24)c2cccc3c4c(-c5ccc(-c7ccc8c(oc9ccccc98)c7Nc7ccccc7)cc5)cccc4n6c32)cc1. The number of anilines is 5. The van der Waals surface area contributed by atoms with Gasteiger partial charge in [-0.1, -0.05) is 249 Å².